The minimum absolute atomic E-state index is 0.208. The number of rotatable bonds is 1. The molecule has 0 bridgehead atoms. The van der Waals surface area contributed by atoms with Crippen LogP contribution in [0.1, 0.15) is 44.4 Å². The van der Waals surface area contributed by atoms with Crippen LogP contribution in [0.15, 0.2) is 59.7 Å². The molecule has 1 aromatic heterocycles. The highest BCUT2D eigenvalue weighted by Crippen LogP contribution is 2.44. The molecule has 0 saturated carbocycles. The summed E-state index contributed by atoms with van der Waals surface area (Å²) in [7, 11) is 0. The quantitative estimate of drug-likeness (QED) is 0.595. The number of fused-ring (bicyclic) bond motifs is 2. The molecule has 1 aliphatic heterocycles. The van der Waals surface area contributed by atoms with E-state index in [1.54, 1.807) is 6.07 Å². The van der Waals surface area contributed by atoms with Gasteiger partial charge >= 0.3 is 0 Å². The zero-order chi connectivity index (χ0) is 17.8. The first kappa shape index (κ1) is 15.9. The maximum Gasteiger partial charge on any atom is 0.123 e. The van der Waals surface area contributed by atoms with E-state index in [2.05, 4.69) is 44.8 Å². The molecule has 25 heavy (non-hydrogen) atoms. The number of aromatic nitrogens is 1. The van der Waals surface area contributed by atoms with Crippen molar-refractivity contribution in [2.75, 3.05) is 0 Å². The van der Waals surface area contributed by atoms with Gasteiger partial charge in [0.05, 0.1) is 16.8 Å². The van der Waals surface area contributed by atoms with Gasteiger partial charge in [-0.1, -0.05) is 32.0 Å². The molecule has 2 heterocycles. The van der Waals surface area contributed by atoms with E-state index in [0.717, 1.165) is 33.3 Å². The summed E-state index contributed by atoms with van der Waals surface area (Å²) in [6, 6.07) is 15.2. The van der Waals surface area contributed by atoms with Crippen molar-refractivity contribution in [3.8, 4) is 0 Å². The molecular formula is C22H21FN2. The molecule has 0 unspecified atom stereocenters. The highest BCUT2D eigenvalue weighted by atomic mass is 19.1. The summed E-state index contributed by atoms with van der Waals surface area (Å²) in [5, 5.41) is 1.08. The molecule has 2 nitrogen and oxygen atoms in total. The first-order valence-corrected chi connectivity index (χ1v) is 8.55. The van der Waals surface area contributed by atoms with Crippen molar-refractivity contribution < 1.29 is 4.39 Å². The molecule has 1 aliphatic rings. The van der Waals surface area contributed by atoms with Crippen molar-refractivity contribution in [3.05, 3.63) is 77.2 Å². The monoisotopic (exact) mass is 332 g/mol. The van der Waals surface area contributed by atoms with Gasteiger partial charge < -0.3 is 0 Å². The highest BCUT2D eigenvalue weighted by molar-refractivity contribution is 6.15. The molecule has 0 radical (unpaired) electrons. The van der Waals surface area contributed by atoms with Crippen LogP contribution in [0.5, 0.6) is 0 Å². The third kappa shape index (κ3) is 2.38. The summed E-state index contributed by atoms with van der Waals surface area (Å²) >= 11 is 0. The molecule has 4 rings (SSSR count). The Hall–Kier alpha value is -2.55. The highest BCUT2D eigenvalue weighted by Gasteiger charge is 2.44. The van der Waals surface area contributed by atoms with Crippen molar-refractivity contribution >= 4 is 16.6 Å². The Kier molecular flexibility index (Phi) is 3.33. The Balaban J connectivity index is 1.98. The van der Waals surface area contributed by atoms with Crippen LogP contribution in [0, 0.1) is 5.82 Å². The number of pyridine rings is 1. The maximum absolute atomic E-state index is 14.0. The molecule has 2 aromatic carbocycles. The third-order valence-electron chi connectivity index (χ3n) is 5.69. The molecule has 126 valence electrons. The molecular weight excluding hydrogens is 311 g/mol. The second-order valence-corrected chi connectivity index (χ2v) is 7.75. The van der Waals surface area contributed by atoms with E-state index in [0.29, 0.717) is 0 Å². The lowest BCUT2D eigenvalue weighted by Gasteiger charge is -2.44. The topological polar surface area (TPSA) is 25.2 Å². The lowest BCUT2D eigenvalue weighted by molar-refractivity contribution is 0.302. The summed E-state index contributed by atoms with van der Waals surface area (Å²) in [5.41, 5.74) is 4.18. The summed E-state index contributed by atoms with van der Waals surface area (Å²) in [4.78, 5) is 9.65. The molecule has 3 heteroatoms. The minimum atomic E-state index is -0.352. The van der Waals surface area contributed by atoms with E-state index in [1.165, 1.54) is 6.07 Å². The van der Waals surface area contributed by atoms with E-state index < -0.39 is 0 Å². The fourth-order valence-electron chi connectivity index (χ4n) is 3.47. The molecule has 0 spiro atoms. The van der Waals surface area contributed by atoms with Crippen LogP contribution in [0.3, 0.4) is 0 Å². The number of nitrogens with zero attached hydrogens (tertiary/aromatic N) is 2. The fourth-order valence-corrected chi connectivity index (χ4v) is 3.47. The van der Waals surface area contributed by atoms with E-state index in [-0.39, 0.29) is 16.8 Å². The average Bonchev–Trinajstić information content (AvgIpc) is 2.58. The van der Waals surface area contributed by atoms with Crippen LogP contribution in [-0.2, 0) is 5.41 Å². The molecule has 0 aliphatic carbocycles. The fraction of sp³-hybridized carbons (Fsp3) is 0.273. The van der Waals surface area contributed by atoms with Gasteiger partial charge in [0.1, 0.15) is 5.82 Å². The standard InChI is InChI=1S/C22H21FN2/c1-21(2)18-12-16(23)9-10-17(18)20(25-22(21,3)4)15-11-14-7-5-6-8-19(14)24-13-15/h5-13H,1-4H3. The van der Waals surface area contributed by atoms with Crippen LogP contribution >= 0.6 is 0 Å². The van der Waals surface area contributed by atoms with E-state index in [4.69, 9.17) is 4.99 Å². The first-order valence-electron chi connectivity index (χ1n) is 8.55. The lowest BCUT2D eigenvalue weighted by atomic mass is 9.66. The minimum Gasteiger partial charge on any atom is -0.277 e. The second kappa shape index (κ2) is 5.22. The van der Waals surface area contributed by atoms with Crippen LogP contribution in [0.2, 0.25) is 0 Å². The summed E-state index contributed by atoms with van der Waals surface area (Å²) < 4.78 is 14.0. The largest absolute Gasteiger partial charge is 0.277 e. The Morgan fingerprint density at radius 2 is 1.68 bits per heavy atom. The molecule has 0 N–H and O–H groups in total. The molecule has 0 fully saturated rings. The zero-order valence-corrected chi connectivity index (χ0v) is 15.0. The van der Waals surface area contributed by atoms with Crippen molar-refractivity contribution in [1.29, 1.82) is 0 Å². The first-order chi connectivity index (χ1) is 11.8. The van der Waals surface area contributed by atoms with Crippen molar-refractivity contribution in [3.63, 3.8) is 0 Å². The van der Waals surface area contributed by atoms with Crippen LogP contribution in [0.25, 0.3) is 10.9 Å². The van der Waals surface area contributed by atoms with Gasteiger partial charge in [-0.25, -0.2) is 4.39 Å². The third-order valence-corrected chi connectivity index (χ3v) is 5.69. The van der Waals surface area contributed by atoms with Crippen molar-refractivity contribution in [1.82, 2.24) is 4.98 Å². The van der Waals surface area contributed by atoms with Crippen molar-refractivity contribution in [2.45, 2.75) is 38.6 Å². The van der Waals surface area contributed by atoms with Gasteiger partial charge in [0.2, 0.25) is 0 Å². The van der Waals surface area contributed by atoms with Gasteiger partial charge in [0.15, 0.2) is 0 Å². The number of benzene rings is 2. The summed E-state index contributed by atoms with van der Waals surface area (Å²) in [6.45, 7) is 8.47. The summed E-state index contributed by atoms with van der Waals surface area (Å²) in [5.74, 6) is -0.208. The lowest BCUT2D eigenvalue weighted by Crippen LogP contribution is -2.46. The van der Waals surface area contributed by atoms with Crippen LogP contribution in [-0.4, -0.2) is 16.2 Å². The van der Waals surface area contributed by atoms with Gasteiger partial charge in [0.25, 0.3) is 0 Å². The Labute approximate surface area is 147 Å². The van der Waals surface area contributed by atoms with Gasteiger partial charge in [-0.3, -0.25) is 9.98 Å². The van der Waals surface area contributed by atoms with Gasteiger partial charge in [-0.05, 0) is 49.7 Å². The maximum atomic E-state index is 14.0. The second-order valence-electron chi connectivity index (χ2n) is 7.75. The van der Waals surface area contributed by atoms with Crippen LogP contribution < -0.4 is 0 Å². The number of hydrogen-bond donors (Lipinski definition) is 0. The van der Waals surface area contributed by atoms with E-state index in [1.807, 2.05) is 30.5 Å². The van der Waals surface area contributed by atoms with E-state index >= 15 is 0 Å². The van der Waals surface area contributed by atoms with Crippen molar-refractivity contribution in [2.24, 2.45) is 4.99 Å². The zero-order valence-electron chi connectivity index (χ0n) is 15.0. The number of para-hydroxylation sites is 1. The van der Waals surface area contributed by atoms with Crippen LogP contribution in [0.4, 0.5) is 4.39 Å². The van der Waals surface area contributed by atoms with E-state index in [9.17, 15) is 4.39 Å². The smallest absolute Gasteiger partial charge is 0.123 e. The van der Waals surface area contributed by atoms with Gasteiger partial charge in [-0.2, -0.15) is 0 Å². The number of hydrogen-bond acceptors (Lipinski definition) is 2. The Bertz CT molecular complexity index is 1020. The molecule has 3 aromatic rings. The number of aliphatic imine (C=N–C) groups is 1. The predicted molar refractivity (Wildman–Crippen MR) is 101 cm³/mol. The molecule has 0 saturated heterocycles. The summed E-state index contributed by atoms with van der Waals surface area (Å²) in [6.07, 6.45) is 1.86. The molecule has 0 atom stereocenters. The predicted octanol–water partition coefficient (Wildman–Crippen LogP) is 5.28. The average molecular weight is 332 g/mol. The number of halogens is 1. The van der Waals surface area contributed by atoms with Gasteiger partial charge in [-0.15, -0.1) is 0 Å². The normalized spacial score (nSPS) is 17.9. The molecule has 0 amide bonds. The SMILES string of the molecule is CC1(C)N=C(c2cnc3ccccc3c2)c2ccc(F)cc2C1(C)C. The Morgan fingerprint density at radius 3 is 2.48 bits per heavy atom. The van der Waals surface area contributed by atoms with Gasteiger partial charge in [0, 0.05) is 28.1 Å². The Morgan fingerprint density at radius 1 is 0.920 bits per heavy atom.